The number of hydrogen-bond donors (Lipinski definition) is 1. The van der Waals surface area contributed by atoms with Crippen LogP contribution in [0.25, 0.3) is 0 Å². The van der Waals surface area contributed by atoms with Crippen LogP contribution in [0.4, 0.5) is 0 Å². The summed E-state index contributed by atoms with van der Waals surface area (Å²) in [5.41, 5.74) is 10.3. The molecule has 0 heterocycles. The molecule has 0 bridgehead atoms. The first kappa shape index (κ1) is 22.5. The van der Waals surface area contributed by atoms with Gasteiger partial charge in [-0.3, -0.25) is 14.6 Å². The average molecular weight is 367 g/mol. The van der Waals surface area contributed by atoms with Gasteiger partial charge in [-0.1, -0.05) is 23.8 Å². The Morgan fingerprint density at radius 2 is 1.89 bits per heavy atom. The number of ketones is 2. The number of aliphatic imine (C=N–C) groups is 1. The molecule has 0 aliphatic heterocycles. The largest absolute Gasteiger partial charge is 0.330 e. The van der Waals surface area contributed by atoms with Gasteiger partial charge < -0.3 is 5.73 Å². The fourth-order valence-corrected chi connectivity index (χ4v) is 3.56. The minimum atomic E-state index is -0.558. The number of allylic oxidation sites excluding steroid dienone is 2. The minimum Gasteiger partial charge on any atom is -0.330 e. The van der Waals surface area contributed by atoms with Crippen LogP contribution in [0.15, 0.2) is 28.8 Å². The predicted molar refractivity (Wildman–Crippen MR) is 109 cm³/mol. The zero-order valence-electron chi connectivity index (χ0n) is 16.9. The molecule has 0 amide bonds. The van der Waals surface area contributed by atoms with Gasteiger partial charge in [0.25, 0.3) is 0 Å². The van der Waals surface area contributed by atoms with E-state index in [9.17, 15) is 9.59 Å². The van der Waals surface area contributed by atoms with Gasteiger partial charge in [-0.15, -0.1) is 0 Å². The lowest BCUT2D eigenvalue weighted by atomic mass is 9.86. The van der Waals surface area contributed by atoms with Crippen LogP contribution in [0.2, 0.25) is 0 Å². The lowest BCUT2D eigenvalue weighted by molar-refractivity contribution is -0.124. The normalized spacial score (nSPS) is 19.8. The third-order valence-electron chi connectivity index (χ3n) is 4.71. The van der Waals surface area contributed by atoms with Crippen LogP contribution >= 0.6 is 0 Å². The van der Waals surface area contributed by atoms with Crippen molar-refractivity contribution in [2.24, 2.45) is 16.6 Å². The molecule has 1 aromatic carbocycles. The number of nitriles is 1. The number of Topliss-reactive ketones (excluding diaryl/α,β-unsaturated/α-hetero) is 2. The Morgan fingerprint density at radius 1 is 1.30 bits per heavy atom. The van der Waals surface area contributed by atoms with Crippen molar-refractivity contribution in [1.82, 2.24) is 0 Å². The van der Waals surface area contributed by atoms with E-state index in [0.717, 1.165) is 22.3 Å². The molecule has 144 valence electrons. The fraction of sp³-hybridized carbons (Fsp3) is 0.455. The van der Waals surface area contributed by atoms with E-state index >= 15 is 0 Å². The van der Waals surface area contributed by atoms with Gasteiger partial charge in [0.2, 0.25) is 0 Å². The van der Waals surface area contributed by atoms with E-state index < -0.39 is 5.92 Å². The van der Waals surface area contributed by atoms with E-state index in [0.29, 0.717) is 25.0 Å². The molecule has 0 aromatic heterocycles. The number of hydrogen-bond acceptors (Lipinski definition) is 5. The first-order chi connectivity index (χ1) is 12.8. The second kappa shape index (κ2) is 10.5. The van der Waals surface area contributed by atoms with Crippen LogP contribution in [0.3, 0.4) is 0 Å². The summed E-state index contributed by atoms with van der Waals surface area (Å²) in [6, 6.07) is 6.05. The average Bonchev–Trinajstić information content (AvgIpc) is 2.87. The number of nitrogens with zero attached hydrogens (tertiary/aromatic N) is 2. The topological polar surface area (TPSA) is 96.3 Å². The van der Waals surface area contributed by atoms with Crippen molar-refractivity contribution in [3.8, 4) is 6.07 Å². The number of carbonyl (C=O) groups excluding carboxylic acids is 2. The van der Waals surface area contributed by atoms with Crippen molar-refractivity contribution in [3.05, 3.63) is 46.0 Å². The highest BCUT2D eigenvalue weighted by molar-refractivity contribution is 6.14. The van der Waals surface area contributed by atoms with Gasteiger partial charge >= 0.3 is 0 Å². The molecule has 0 radical (unpaired) electrons. The lowest BCUT2D eigenvalue weighted by Crippen LogP contribution is -2.19. The van der Waals surface area contributed by atoms with Gasteiger partial charge in [-0.2, -0.15) is 5.26 Å². The second-order valence-corrected chi connectivity index (χ2v) is 6.84. The smallest absolute Gasteiger partial charge is 0.151 e. The summed E-state index contributed by atoms with van der Waals surface area (Å²) in [5, 5.41) is 8.25. The third-order valence-corrected chi connectivity index (χ3v) is 4.71. The Bertz CT molecular complexity index is 777. The van der Waals surface area contributed by atoms with Crippen molar-refractivity contribution in [1.29, 1.82) is 5.26 Å². The summed E-state index contributed by atoms with van der Waals surface area (Å²) in [7, 11) is 1.64. The zero-order chi connectivity index (χ0) is 20.6. The van der Waals surface area contributed by atoms with Gasteiger partial charge in [-0.05, 0) is 57.4 Å². The molecule has 27 heavy (non-hydrogen) atoms. The Morgan fingerprint density at radius 3 is 2.30 bits per heavy atom. The summed E-state index contributed by atoms with van der Waals surface area (Å²) >= 11 is 0. The second-order valence-electron chi connectivity index (χ2n) is 6.84. The standard InChI is InChI=1S/C16H21NO2.C6H8N2/c1-9-6-10(2)14(11(3)7-9)15-13(18)8-12(4-5-17)16(15)19;1-3-6(4-7)5-8-2/h6-7,12,15H,4-5,8,17H2,1-3H3;3,5H,1-2H3/b;6-3-,8-5?. The maximum Gasteiger partial charge on any atom is 0.151 e. The van der Waals surface area contributed by atoms with Gasteiger partial charge in [0.1, 0.15) is 17.8 Å². The van der Waals surface area contributed by atoms with Gasteiger partial charge in [-0.25, -0.2) is 0 Å². The molecule has 1 aliphatic carbocycles. The number of carbonyl (C=O) groups is 2. The predicted octanol–water partition coefficient (Wildman–Crippen LogP) is 3.36. The van der Waals surface area contributed by atoms with E-state index in [4.69, 9.17) is 11.0 Å². The van der Waals surface area contributed by atoms with Crippen LogP contribution in [0.5, 0.6) is 0 Å². The summed E-state index contributed by atoms with van der Waals surface area (Å²) in [4.78, 5) is 28.3. The summed E-state index contributed by atoms with van der Waals surface area (Å²) in [5.74, 6) is -0.622. The van der Waals surface area contributed by atoms with E-state index in [1.54, 1.807) is 20.0 Å². The summed E-state index contributed by atoms with van der Waals surface area (Å²) in [6.07, 6.45) is 4.21. The molecule has 2 unspecified atom stereocenters. The first-order valence-corrected chi connectivity index (χ1v) is 9.13. The third kappa shape index (κ3) is 5.70. The van der Waals surface area contributed by atoms with Crippen LogP contribution in [0, 0.1) is 38.0 Å². The Labute approximate surface area is 162 Å². The number of nitrogens with two attached hydrogens (primary N) is 1. The van der Waals surface area contributed by atoms with Crippen molar-refractivity contribution < 1.29 is 9.59 Å². The SMILES string of the molecule is C/C=C(/C#N)C=NC.Cc1cc(C)c(C2C(=O)CC(CCN)C2=O)c(C)c1. The lowest BCUT2D eigenvalue weighted by Gasteiger charge is -2.16. The molecule has 1 aromatic rings. The maximum atomic E-state index is 12.4. The number of benzene rings is 1. The molecule has 5 nitrogen and oxygen atoms in total. The Hall–Kier alpha value is -2.58. The molecule has 2 atom stereocenters. The monoisotopic (exact) mass is 367 g/mol. The molecule has 1 saturated carbocycles. The molecule has 2 rings (SSSR count). The van der Waals surface area contributed by atoms with E-state index in [-0.39, 0.29) is 17.5 Å². The Balaban J connectivity index is 0.000000387. The van der Waals surface area contributed by atoms with Crippen molar-refractivity contribution >= 4 is 17.8 Å². The molecule has 5 heteroatoms. The minimum absolute atomic E-state index is 0.0542. The van der Waals surface area contributed by atoms with Crippen LogP contribution in [-0.4, -0.2) is 31.4 Å². The molecule has 1 aliphatic rings. The molecular formula is C22H29N3O2. The summed E-state index contributed by atoms with van der Waals surface area (Å²) < 4.78 is 0. The van der Waals surface area contributed by atoms with E-state index in [2.05, 4.69) is 4.99 Å². The maximum absolute atomic E-state index is 12.4. The molecule has 0 saturated heterocycles. The highest BCUT2D eigenvalue weighted by Gasteiger charge is 2.42. The van der Waals surface area contributed by atoms with Gasteiger partial charge in [0, 0.05) is 25.6 Å². The molecule has 1 fully saturated rings. The quantitative estimate of drug-likeness (QED) is 0.501. The molecule has 0 spiro atoms. The van der Waals surface area contributed by atoms with E-state index in [1.807, 2.05) is 39.0 Å². The fourth-order valence-electron chi connectivity index (χ4n) is 3.56. The highest BCUT2D eigenvalue weighted by Crippen LogP contribution is 2.37. The molecule has 2 N–H and O–H groups in total. The van der Waals surface area contributed by atoms with Crippen LogP contribution in [-0.2, 0) is 9.59 Å². The van der Waals surface area contributed by atoms with Crippen LogP contribution < -0.4 is 5.73 Å². The number of rotatable bonds is 4. The zero-order valence-corrected chi connectivity index (χ0v) is 16.9. The first-order valence-electron chi connectivity index (χ1n) is 9.13. The van der Waals surface area contributed by atoms with E-state index in [1.165, 1.54) is 6.21 Å². The van der Waals surface area contributed by atoms with Crippen LogP contribution in [0.1, 0.15) is 47.9 Å². The van der Waals surface area contributed by atoms with Crippen molar-refractivity contribution in [2.75, 3.05) is 13.6 Å². The number of aryl methyl sites for hydroxylation is 3. The Kier molecular flexibility index (Phi) is 8.77. The van der Waals surface area contributed by atoms with Crippen molar-refractivity contribution in [3.63, 3.8) is 0 Å². The van der Waals surface area contributed by atoms with Crippen molar-refractivity contribution in [2.45, 2.75) is 46.5 Å². The highest BCUT2D eigenvalue weighted by atomic mass is 16.2. The molecular weight excluding hydrogens is 338 g/mol. The van der Waals surface area contributed by atoms with Gasteiger partial charge in [0.15, 0.2) is 5.78 Å². The van der Waals surface area contributed by atoms with Gasteiger partial charge in [0.05, 0.1) is 5.57 Å². The summed E-state index contributed by atoms with van der Waals surface area (Å²) in [6.45, 7) is 8.25.